The lowest BCUT2D eigenvalue weighted by molar-refractivity contribution is 0.500. The Balaban J connectivity index is 2.00. The van der Waals surface area contributed by atoms with E-state index in [1.165, 1.54) is 22.3 Å². The smallest absolute Gasteiger partial charge is 0.0364 e. The minimum absolute atomic E-state index is 0.506. The molecule has 0 saturated carbocycles. The van der Waals surface area contributed by atoms with E-state index in [1.807, 2.05) is 0 Å². The van der Waals surface area contributed by atoms with Crippen molar-refractivity contribution < 1.29 is 0 Å². The summed E-state index contributed by atoms with van der Waals surface area (Å²) < 4.78 is 0. The van der Waals surface area contributed by atoms with Gasteiger partial charge in [0.05, 0.1) is 0 Å². The van der Waals surface area contributed by atoms with Crippen LogP contribution in [0.15, 0.2) is 48.5 Å². The molecule has 2 atom stereocenters. The monoisotopic (exact) mass is 221 g/mol. The van der Waals surface area contributed by atoms with Gasteiger partial charge in [-0.25, -0.2) is 0 Å². The lowest BCUT2D eigenvalue weighted by atomic mass is 9.85. The predicted molar refractivity (Wildman–Crippen MR) is 69.2 cm³/mol. The van der Waals surface area contributed by atoms with Gasteiger partial charge in [0.15, 0.2) is 0 Å². The van der Waals surface area contributed by atoms with Gasteiger partial charge in [0.25, 0.3) is 0 Å². The number of hydrogen-bond acceptors (Lipinski definition) is 1. The van der Waals surface area contributed by atoms with Crippen molar-refractivity contribution in [2.24, 2.45) is 0 Å². The van der Waals surface area contributed by atoms with Gasteiger partial charge in [0.2, 0.25) is 0 Å². The lowest BCUT2D eigenvalue weighted by Crippen LogP contribution is -2.31. The average Bonchev–Trinajstić information content (AvgIpc) is 2.66. The second-order valence-corrected chi connectivity index (χ2v) is 5.05. The van der Waals surface area contributed by atoms with Crippen LogP contribution in [0.4, 0.5) is 0 Å². The highest BCUT2D eigenvalue weighted by Gasteiger charge is 2.32. The first-order valence-corrected chi connectivity index (χ1v) is 6.33. The Labute approximate surface area is 101 Å². The van der Waals surface area contributed by atoms with E-state index in [-0.39, 0.29) is 0 Å². The van der Waals surface area contributed by atoms with E-state index in [2.05, 4.69) is 53.8 Å². The van der Waals surface area contributed by atoms with Gasteiger partial charge < -0.3 is 5.32 Å². The van der Waals surface area contributed by atoms with Crippen molar-refractivity contribution in [2.45, 2.75) is 18.4 Å². The van der Waals surface area contributed by atoms with E-state index in [4.69, 9.17) is 0 Å². The van der Waals surface area contributed by atoms with Crippen LogP contribution in [0, 0.1) is 0 Å². The van der Waals surface area contributed by atoms with Crippen molar-refractivity contribution in [3.05, 3.63) is 70.8 Å². The van der Waals surface area contributed by atoms with Crippen LogP contribution >= 0.6 is 0 Å². The number of benzene rings is 2. The van der Waals surface area contributed by atoms with Gasteiger partial charge in [-0.2, -0.15) is 0 Å². The third-order valence-corrected chi connectivity index (χ3v) is 4.17. The Bertz CT molecular complexity index is 573. The summed E-state index contributed by atoms with van der Waals surface area (Å²) in [5, 5.41) is 3.68. The summed E-state index contributed by atoms with van der Waals surface area (Å²) in [5.41, 5.74) is 6.07. The third-order valence-electron chi connectivity index (χ3n) is 4.17. The van der Waals surface area contributed by atoms with Crippen LogP contribution in [-0.4, -0.2) is 6.54 Å². The van der Waals surface area contributed by atoms with Crippen molar-refractivity contribution in [1.29, 1.82) is 0 Å². The molecule has 0 amide bonds. The molecule has 0 unspecified atom stereocenters. The van der Waals surface area contributed by atoms with Crippen LogP contribution in [-0.2, 0) is 6.42 Å². The summed E-state index contributed by atoms with van der Waals surface area (Å²) in [7, 11) is 0. The van der Waals surface area contributed by atoms with Crippen LogP contribution < -0.4 is 5.32 Å². The summed E-state index contributed by atoms with van der Waals surface area (Å²) in [4.78, 5) is 0. The van der Waals surface area contributed by atoms with Crippen molar-refractivity contribution in [3.63, 3.8) is 0 Å². The molecule has 0 spiro atoms. The topological polar surface area (TPSA) is 12.0 Å². The zero-order chi connectivity index (χ0) is 11.2. The molecule has 1 nitrogen and oxygen atoms in total. The largest absolute Gasteiger partial charge is 0.309 e. The molecule has 1 aliphatic carbocycles. The van der Waals surface area contributed by atoms with Gasteiger partial charge >= 0.3 is 0 Å². The Morgan fingerprint density at radius 1 is 0.824 bits per heavy atom. The number of fused-ring (bicyclic) bond motifs is 1. The quantitative estimate of drug-likeness (QED) is 0.721. The van der Waals surface area contributed by atoms with Crippen molar-refractivity contribution in [1.82, 2.24) is 5.32 Å². The Hall–Kier alpha value is -1.60. The van der Waals surface area contributed by atoms with Gasteiger partial charge in [-0.3, -0.25) is 0 Å². The SMILES string of the molecule is c1ccc2c(c1)C[C@H]1NC[C@H]2c2ccccc21. The molecule has 0 radical (unpaired) electrons. The Morgan fingerprint density at radius 2 is 1.53 bits per heavy atom. The first-order valence-electron chi connectivity index (χ1n) is 6.33. The summed E-state index contributed by atoms with van der Waals surface area (Å²) >= 11 is 0. The van der Waals surface area contributed by atoms with E-state index in [9.17, 15) is 0 Å². The standard InChI is InChI=1S/C16H15N/c1-2-6-12-11(5-1)9-16-14-8-4-3-7-13(14)15(12)10-17-16/h1-8,15-17H,9-10H2/t15-,16-/m1/s1. The summed E-state index contributed by atoms with van der Waals surface area (Å²) in [6.07, 6.45) is 1.13. The van der Waals surface area contributed by atoms with E-state index in [0.717, 1.165) is 13.0 Å². The molecule has 2 aromatic rings. The van der Waals surface area contributed by atoms with Crippen molar-refractivity contribution in [3.8, 4) is 0 Å². The molecule has 2 aliphatic heterocycles. The molecule has 0 fully saturated rings. The maximum atomic E-state index is 3.68. The second kappa shape index (κ2) is 3.44. The van der Waals surface area contributed by atoms with Gasteiger partial charge in [0.1, 0.15) is 0 Å². The van der Waals surface area contributed by atoms with Gasteiger partial charge in [-0.1, -0.05) is 48.5 Å². The number of rotatable bonds is 0. The summed E-state index contributed by atoms with van der Waals surface area (Å²) in [5.74, 6) is 0.543. The molecule has 2 bridgehead atoms. The molecule has 2 heterocycles. The fourth-order valence-corrected chi connectivity index (χ4v) is 3.37. The molecule has 0 aromatic heterocycles. The molecule has 5 rings (SSSR count). The van der Waals surface area contributed by atoms with Crippen molar-refractivity contribution in [2.75, 3.05) is 6.54 Å². The number of hydrogen-bond donors (Lipinski definition) is 1. The molecule has 17 heavy (non-hydrogen) atoms. The molecule has 1 N–H and O–H groups in total. The zero-order valence-corrected chi connectivity index (χ0v) is 9.69. The van der Waals surface area contributed by atoms with Gasteiger partial charge in [-0.05, 0) is 28.7 Å². The Morgan fingerprint density at radius 3 is 2.41 bits per heavy atom. The molecular weight excluding hydrogens is 206 g/mol. The first kappa shape index (κ1) is 9.43. The number of nitrogens with one attached hydrogen (secondary N) is 1. The van der Waals surface area contributed by atoms with Crippen LogP contribution in [0.1, 0.15) is 34.2 Å². The van der Waals surface area contributed by atoms with Gasteiger partial charge in [-0.15, -0.1) is 0 Å². The minimum atomic E-state index is 0.506. The highest BCUT2D eigenvalue weighted by atomic mass is 14.9. The highest BCUT2D eigenvalue weighted by molar-refractivity contribution is 5.48. The third kappa shape index (κ3) is 1.29. The molecule has 0 saturated heterocycles. The maximum Gasteiger partial charge on any atom is 0.0364 e. The van der Waals surface area contributed by atoms with E-state index in [0.29, 0.717) is 12.0 Å². The van der Waals surface area contributed by atoms with E-state index >= 15 is 0 Å². The first-order chi connectivity index (χ1) is 8.43. The average molecular weight is 221 g/mol. The van der Waals surface area contributed by atoms with Crippen LogP contribution in [0.5, 0.6) is 0 Å². The van der Waals surface area contributed by atoms with Crippen LogP contribution in [0.25, 0.3) is 0 Å². The Kier molecular flexibility index (Phi) is 1.91. The lowest BCUT2D eigenvalue weighted by Gasteiger charge is -2.28. The van der Waals surface area contributed by atoms with Crippen LogP contribution in [0.2, 0.25) is 0 Å². The highest BCUT2D eigenvalue weighted by Crippen LogP contribution is 2.41. The van der Waals surface area contributed by atoms with E-state index in [1.54, 1.807) is 0 Å². The maximum absolute atomic E-state index is 3.68. The molecule has 84 valence electrons. The molecule has 3 aliphatic rings. The zero-order valence-electron chi connectivity index (χ0n) is 9.69. The fourth-order valence-electron chi connectivity index (χ4n) is 3.37. The molecule has 2 aromatic carbocycles. The molecule has 1 heteroatoms. The van der Waals surface area contributed by atoms with Gasteiger partial charge in [0, 0.05) is 18.5 Å². The van der Waals surface area contributed by atoms with Crippen LogP contribution in [0.3, 0.4) is 0 Å². The van der Waals surface area contributed by atoms with Crippen molar-refractivity contribution >= 4 is 0 Å². The molecular formula is C16H15N. The van der Waals surface area contributed by atoms with E-state index < -0.39 is 0 Å². The second-order valence-electron chi connectivity index (χ2n) is 5.05. The normalized spacial score (nSPS) is 24.9. The minimum Gasteiger partial charge on any atom is -0.309 e. The predicted octanol–water partition coefficient (Wildman–Crippen LogP) is 3.02. The summed E-state index contributed by atoms with van der Waals surface area (Å²) in [6.45, 7) is 1.08. The fraction of sp³-hybridized carbons (Fsp3) is 0.250. The summed E-state index contributed by atoms with van der Waals surface area (Å²) in [6, 6.07) is 18.3.